The fourth-order valence-electron chi connectivity index (χ4n) is 5.13. The number of para-hydroxylation sites is 1. The third kappa shape index (κ3) is 3.78. The summed E-state index contributed by atoms with van der Waals surface area (Å²) in [5.74, 6) is 1.64. The molecular formula is C27H26ClN5O. The lowest BCUT2D eigenvalue weighted by Gasteiger charge is -2.41. The molecule has 2 aliphatic carbocycles. The molecule has 0 bridgehead atoms. The van der Waals surface area contributed by atoms with Gasteiger partial charge in [-0.15, -0.1) is 0 Å². The summed E-state index contributed by atoms with van der Waals surface area (Å²) in [5.41, 5.74) is 4.37. The van der Waals surface area contributed by atoms with Gasteiger partial charge in [-0.2, -0.15) is 5.26 Å². The van der Waals surface area contributed by atoms with E-state index in [9.17, 15) is 10.1 Å². The van der Waals surface area contributed by atoms with E-state index in [1.165, 1.54) is 0 Å². The number of fused-ring (bicyclic) bond motifs is 1. The Labute approximate surface area is 204 Å². The van der Waals surface area contributed by atoms with Crippen molar-refractivity contribution < 1.29 is 4.79 Å². The minimum atomic E-state index is 0.0993. The Kier molecular flexibility index (Phi) is 5.18. The number of amides is 1. The van der Waals surface area contributed by atoms with Crippen molar-refractivity contribution in [3.8, 4) is 17.2 Å². The Hall–Kier alpha value is -3.17. The van der Waals surface area contributed by atoms with Crippen molar-refractivity contribution in [1.29, 1.82) is 5.26 Å². The number of halogens is 1. The maximum Gasteiger partial charge on any atom is 0.226 e. The number of pyridine rings is 2. The second-order valence-electron chi connectivity index (χ2n) is 9.79. The Morgan fingerprint density at radius 3 is 2.59 bits per heavy atom. The number of benzene rings is 1. The minimum absolute atomic E-state index is 0.0993. The van der Waals surface area contributed by atoms with Crippen molar-refractivity contribution in [1.82, 2.24) is 14.9 Å². The van der Waals surface area contributed by atoms with Gasteiger partial charge < -0.3 is 9.80 Å². The topological polar surface area (TPSA) is 73.1 Å². The molecule has 1 amide bonds. The quantitative estimate of drug-likeness (QED) is 0.492. The molecule has 7 heteroatoms. The molecule has 172 valence electrons. The highest BCUT2D eigenvalue weighted by molar-refractivity contribution is 6.30. The van der Waals surface area contributed by atoms with Gasteiger partial charge >= 0.3 is 0 Å². The largest absolute Gasteiger partial charge is 0.352 e. The third-order valence-electron chi connectivity index (χ3n) is 7.23. The lowest BCUT2D eigenvalue weighted by molar-refractivity contribution is -0.134. The summed E-state index contributed by atoms with van der Waals surface area (Å²) < 4.78 is 0. The summed E-state index contributed by atoms with van der Waals surface area (Å²) in [6, 6.07) is 14.3. The van der Waals surface area contributed by atoms with Crippen molar-refractivity contribution in [2.45, 2.75) is 44.6 Å². The van der Waals surface area contributed by atoms with Gasteiger partial charge in [0.05, 0.1) is 16.8 Å². The maximum absolute atomic E-state index is 12.6. The zero-order valence-electron chi connectivity index (χ0n) is 19.2. The van der Waals surface area contributed by atoms with Crippen LogP contribution in [0.15, 0.2) is 36.4 Å². The van der Waals surface area contributed by atoms with Crippen LogP contribution >= 0.6 is 11.6 Å². The van der Waals surface area contributed by atoms with Crippen LogP contribution in [-0.4, -0.2) is 46.5 Å². The standard InChI is InChI=1S/C27H26ClN5O/c1-16-15-32(10-11-33(16)27(34)18-8-9-18)26-19(14-29)12-22(25(31-26)17-6-7-17)21-13-24(28)30-23-5-3-2-4-20(21)23/h2-5,12-13,16-18H,6-11,15H2,1H3. The first-order valence-electron chi connectivity index (χ1n) is 12.1. The lowest BCUT2D eigenvalue weighted by atomic mass is 9.96. The molecule has 1 saturated heterocycles. The van der Waals surface area contributed by atoms with Crippen molar-refractivity contribution >= 4 is 34.2 Å². The Balaban J connectivity index is 1.41. The van der Waals surface area contributed by atoms with Crippen LogP contribution in [0.1, 0.15) is 49.8 Å². The van der Waals surface area contributed by atoms with Gasteiger partial charge in [0.2, 0.25) is 5.91 Å². The summed E-state index contributed by atoms with van der Waals surface area (Å²) >= 11 is 6.39. The molecule has 3 aliphatic rings. The molecule has 0 N–H and O–H groups in total. The van der Waals surface area contributed by atoms with Crippen LogP contribution in [0.3, 0.4) is 0 Å². The van der Waals surface area contributed by atoms with Crippen LogP contribution in [0.2, 0.25) is 5.15 Å². The molecule has 1 atom stereocenters. The number of carbonyl (C=O) groups excluding carboxylic acids is 1. The van der Waals surface area contributed by atoms with Crippen LogP contribution < -0.4 is 4.90 Å². The third-order valence-corrected chi connectivity index (χ3v) is 7.42. The first-order valence-corrected chi connectivity index (χ1v) is 12.5. The summed E-state index contributed by atoms with van der Waals surface area (Å²) in [7, 11) is 0. The Morgan fingerprint density at radius 1 is 1.09 bits per heavy atom. The number of hydrogen-bond donors (Lipinski definition) is 0. The number of nitriles is 1. The van der Waals surface area contributed by atoms with E-state index in [0.29, 0.717) is 36.3 Å². The molecule has 0 radical (unpaired) electrons. The van der Waals surface area contributed by atoms with Crippen LogP contribution in [0.5, 0.6) is 0 Å². The number of carbonyl (C=O) groups is 1. The van der Waals surface area contributed by atoms with Crippen LogP contribution in [0, 0.1) is 17.2 Å². The van der Waals surface area contributed by atoms with Crippen LogP contribution in [0.4, 0.5) is 5.82 Å². The normalized spacial score (nSPS) is 20.4. The molecule has 6 rings (SSSR count). The van der Waals surface area contributed by atoms with E-state index in [1.807, 2.05) is 41.3 Å². The molecule has 0 spiro atoms. The summed E-state index contributed by atoms with van der Waals surface area (Å²) in [4.78, 5) is 26.5. The van der Waals surface area contributed by atoms with Crippen molar-refractivity contribution in [3.05, 3.63) is 52.8 Å². The highest BCUT2D eigenvalue weighted by atomic mass is 35.5. The zero-order valence-corrected chi connectivity index (χ0v) is 19.9. The molecular weight excluding hydrogens is 446 g/mol. The number of nitrogens with zero attached hydrogens (tertiary/aromatic N) is 5. The highest BCUT2D eigenvalue weighted by Crippen LogP contribution is 2.46. The van der Waals surface area contributed by atoms with Crippen LogP contribution in [-0.2, 0) is 4.79 Å². The van der Waals surface area contributed by atoms with Gasteiger partial charge in [0.15, 0.2) is 0 Å². The van der Waals surface area contributed by atoms with Crippen molar-refractivity contribution in [3.63, 3.8) is 0 Å². The minimum Gasteiger partial charge on any atom is -0.352 e. The first kappa shape index (κ1) is 21.4. The van der Waals surface area contributed by atoms with Crippen molar-refractivity contribution in [2.75, 3.05) is 24.5 Å². The lowest BCUT2D eigenvalue weighted by Crippen LogP contribution is -2.54. The fourth-order valence-corrected chi connectivity index (χ4v) is 5.33. The fraction of sp³-hybridized carbons (Fsp3) is 0.407. The molecule has 6 nitrogen and oxygen atoms in total. The number of piperazine rings is 1. The molecule has 2 aromatic heterocycles. The monoisotopic (exact) mass is 471 g/mol. The number of rotatable bonds is 4. The average molecular weight is 472 g/mol. The average Bonchev–Trinajstić information content (AvgIpc) is 3.75. The summed E-state index contributed by atoms with van der Waals surface area (Å²) in [6.07, 6.45) is 4.24. The molecule has 3 fully saturated rings. The number of hydrogen-bond acceptors (Lipinski definition) is 5. The van der Waals surface area contributed by atoms with Gasteiger partial charge in [0, 0.05) is 48.5 Å². The zero-order chi connectivity index (χ0) is 23.4. The van der Waals surface area contributed by atoms with E-state index in [4.69, 9.17) is 16.6 Å². The van der Waals surface area contributed by atoms with Gasteiger partial charge in [0.1, 0.15) is 17.0 Å². The SMILES string of the molecule is CC1CN(c2nc(C3CC3)c(-c3cc(Cl)nc4ccccc34)cc2C#N)CCN1C(=O)C1CC1. The second-order valence-corrected chi connectivity index (χ2v) is 10.2. The highest BCUT2D eigenvalue weighted by Gasteiger charge is 2.38. The van der Waals surface area contributed by atoms with E-state index in [1.54, 1.807) is 0 Å². The number of aromatic nitrogens is 2. The molecule has 1 aromatic carbocycles. The van der Waals surface area contributed by atoms with Crippen molar-refractivity contribution in [2.24, 2.45) is 5.92 Å². The van der Waals surface area contributed by atoms with E-state index >= 15 is 0 Å². The molecule has 34 heavy (non-hydrogen) atoms. The smallest absolute Gasteiger partial charge is 0.226 e. The second kappa shape index (κ2) is 8.25. The molecule has 1 aliphatic heterocycles. The predicted molar refractivity (Wildman–Crippen MR) is 133 cm³/mol. The molecule has 2 saturated carbocycles. The molecule has 3 aromatic rings. The Bertz CT molecular complexity index is 1340. The maximum atomic E-state index is 12.6. The van der Waals surface area contributed by atoms with E-state index in [0.717, 1.165) is 59.2 Å². The van der Waals surface area contributed by atoms with E-state index in [-0.39, 0.29) is 17.9 Å². The predicted octanol–water partition coefficient (Wildman–Crippen LogP) is 5.15. The van der Waals surface area contributed by atoms with Gasteiger partial charge in [-0.1, -0.05) is 29.8 Å². The Morgan fingerprint density at radius 2 is 1.88 bits per heavy atom. The molecule has 1 unspecified atom stereocenters. The van der Waals surface area contributed by atoms with Gasteiger partial charge in [-0.3, -0.25) is 4.79 Å². The van der Waals surface area contributed by atoms with E-state index < -0.39 is 0 Å². The van der Waals surface area contributed by atoms with Gasteiger partial charge in [-0.05, 0) is 56.4 Å². The first-order chi connectivity index (χ1) is 16.5. The summed E-state index contributed by atoms with van der Waals surface area (Å²) in [5, 5.41) is 11.5. The summed E-state index contributed by atoms with van der Waals surface area (Å²) in [6.45, 7) is 4.15. The van der Waals surface area contributed by atoms with Gasteiger partial charge in [0.25, 0.3) is 0 Å². The molecule has 3 heterocycles. The van der Waals surface area contributed by atoms with Crippen LogP contribution in [0.25, 0.3) is 22.0 Å². The number of anilines is 1. The van der Waals surface area contributed by atoms with E-state index in [2.05, 4.69) is 22.9 Å². The van der Waals surface area contributed by atoms with Gasteiger partial charge in [-0.25, -0.2) is 9.97 Å².